The minimum atomic E-state index is -1.16. The van der Waals surface area contributed by atoms with Crippen LogP contribution in [0.1, 0.15) is 10.5 Å². The van der Waals surface area contributed by atoms with Crippen LogP contribution < -0.4 is 4.74 Å². The van der Waals surface area contributed by atoms with Crippen LogP contribution in [0.25, 0.3) is 0 Å². The number of aromatic nitrogens is 1. The predicted molar refractivity (Wildman–Crippen MR) is 64.4 cm³/mol. The highest BCUT2D eigenvalue weighted by Gasteiger charge is 2.14. The monoisotopic (exact) mass is 260 g/mol. The average molecular weight is 260 g/mol. The molecule has 0 fully saturated rings. The van der Waals surface area contributed by atoms with Gasteiger partial charge in [0, 0.05) is 6.07 Å². The second-order valence-corrected chi connectivity index (χ2v) is 3.51. The quantitative estimate of drug-likeness (QED) is 0.669. The van der Waals surface area contributed by atoms with E-state index in [4.69, 9.17) is 9.84 Å². The predicted octanol–water partition coefficient (Wildman–Crippen LogP) is 2.48. The number of rotatable bonds is 4. The summed E-state index contributed by atoms with van der Waals surface area (Å²) in [7, 11) is 0. The molecule has 0 aliphatic carbocycles. The summed E-state index contributed by atoms with van der Waals surface area (Å²) in [5.74, 6) is -0.867. The topological polar surface area (TPSA) is 103 Å². The Bertz CT molecular complexity index is 624. The first-order valence-corrected chi connectivity index (χ1v) is 5.18. The largest absolute Gasteiger partial charge is 0.477 e. The van der Waals surface area contributed by atoms with Gasteiger partial charge in [0.1, 0.15) is 11.4 Å². The molecule has 0 saturated heterocycles. The van der Waals surface area contributed by atoms with Gasteiger partial charge in [-0.15, -0.1) is 0 Å². The molecule has 0 spiro atoms. The molecule has 19 heavy (non-hydrogen) atoms. The molecule has 96 valence electrons. The van der Waals surface area contributed by atoms with E-state index in [0.29, 0.717) is 0 Å². The highest BCUT2D eigenvalue weighted by Crippen LogP contribution is 2.30. The number of carbonyl (C=O) groups is 1. The Balaban J connectivity index is 2.26. The molecule has 1 heterocycles. The van der Waals surface area contributed by atoms with Gasteiger partial charge >= 0.3 is 11.7 Å². The molecule has 1 aromatic carbocycles. The Kier molecular flexibility index (Phi) is 3.37. The van der Waals surface area contributed by atoms with Crippen molar-refractivity contribution in [2.24, 2.45) is 0 Å². The third-order valence-corrected chi connectivity index (χ3v) is 2.25. The molecular formula is C12H8N2O5. The van der Waals surface area contributed by atoms with Crippen LogP contribution >= 0.6 is 0 Å². The first kappa shape index (κ1) is 12.5. The molecule has 7 heteroatoms. The highest BCUT2D eigenvalue weighted by molar-refractivity contribution is 5.85. The molecule has 0 radical (unpaired) electrons. The van der Waals surface area contributed by atoms with Crippen molar-refractivity contribution in [1.82, 2.24) is 4.98 Å². The molecular weight excluding hydrogens is 252 g/mol. The van der Waals surface area contributed by atoms with E-state index in [0.717, 1.165) is 0 Å². The van der Waals surface area contributed by atoms with Crippen molar-refractivity contribution in [2.75, 3.05) is 0 Å². The van der Waals surface area contributed by atoms with Crippen LogP contribution in [0, 0.1) is 10.1 Å². The SMILES string of the molecule is O=C(O)c1ccc(Oc2ccccc2[N+](=O)[O-])cn1. The van der Waals surface area contributed by atoms with Gasteiger partial charge in [-0.25, -0.2) is 9.78 Å². The van der Waals surface area contributed by atoms with Gasteiger partial charge in [-0.3, -0.25) is 10.1 Å². The Morgan fingerprint density at radius 3 is 2.58 bits per heavy atom. The second-order valence-electron chi connectivity index (χ2n) is 3.51. The number of benzene rings is 1. The van der Waals surface area contributed by atoms with Gasteiger partial charge in [-0.05, 0) is 18.2 Å². The summed E-state index contributed by atoms with van der Waals surface area (Å²) in [6.07, 6.45) is 1.19. The van der Waals surface area contributed by atoms with Crippen LogP contribution in [0.3, 0.4) is 0 Å². The van der Waals surface area contributed by atoms with E-state index >= 15 is 0 Å². The summed E-state index contributed by atoms with van der Waals surface area (Å²) in [5.41, 5.74) is -0.306. The van der Waals surface area contributed by atoms with E-state index in [2.05, 4.69) is 4.98 Å². The lowest BCUT2D eigenvalue weighted by molar-refractivity contribution is -0.385. The summed E-state index contributed by atoms with van der Waals surface area (Å²) in [6, 6.07) is 8.52. The molecule has 0 unspecified atom stereocenters. The molecule has 0 saturated carbocycles. The van der Waals surface area contributed by atoms with Crippen molar-refractivity contribution >= 4 is 11.7 Å². The maximum absolute atomic E-state index is 10.8. The zero-order valence-corrected chi connectivity index (χ0v) is 9.52. The van der Waals surface area contributed by atoms with Crippen molar-refractivity contribution in [2.45, 2.75) is 0 Å². The minimum Gasteiger partial charge on any atom is -0.477 e. The van der Waals surface area contributed by atoms with Gasteiger partial charge in [0.25, 0.3) is 0 Å². The van der Waals surface area contributed by atoms with E-state index in [1.807, 2.05) is 0 Å². The third-order valence-electron chi connectivity index (χ3n) is 2.25. The van der Waals surface area contributed by atoms with E-state index in [1.54, 1.807) is 6.07 Å². The summed E-state index contributed by atoms with van der Waals surface area (Å²) in [4.78, 5) is 24.5. The zero-order valence-electron chi connectivity index (χ0n) is 9.52. The summed E-state index contributed by atoms with van der Waals surface area (Å²) in [5, 5.41) is 19.5. The number of nitrogens with zero attached hydrogens (tertiary/aromatic N) is 2. The number of nitro benzene ring substituents is 1. The van der Waals surface area contributed by atoms with Gasteiger partial charge in [0.2, 0.25) is 5.75 Å². The van der Waals surface area contributed by atoms with Crippen LogP contribution in [-0.2, 0) is 0 Å². The molecule has 2 aromatic rings. The van der Waals surface area contributed by atoms with Gasteiger partial charge in [0.15, 0.2) is 0 Å². The van der Waals surface area contributed by atoms with Gasteiger partial charge < -0.3 is 9.84 Å². The van der Waals surface area contributed by atoms with E-state index in [1.165, 1.54) is 36.5 Å². The molecule has 0 bridgehead atoms. The normalized spacial score (nSPS) is 9.89. The lowest BCUT2D eigenvalue weighted by Gasteiger charge is -2.05. The standard InChI is InChI=1S/C12H8N2O5/c15-12(16)9-6-5-8(7-13-9)19-11-4-2-1-3-10(11)14(17)18/h1-7H,(H,15,16). The Hall–Kier alpha value is -2.96. The zero-order chi connectivity index (χ0) is 13.8. The number of carboxylic acid groups (broad SMARTS) is 1. The number of para-hydroxylation sites is 2. The van der Waals surface area contributed by atoms with Gasteiger partial charge in [-0.2, -0.15) is 0 Å². The molecule has 1 N–H and O–H groups in total. The maximum Gasteiger partial charge on any atom is 0.354 e. The highest BCUT2D eigenvalue weighted by atomic mass is 16.6. The lowest BCUT2D eigenvalue weighted by atomic mass is 10.3. The average Bonchev–Trinajstić information content (AvgIpc) is 2.39. The minimum absolute atomic E-state index is 0.0670. The van der Waals surface area contributed by atoms with Crippen LogP contribution in [0.4, 0.5) is 5.69 Å². The van der Waals surface area contributed by atoms with Crippen LogP contribution in [0.2, 0.25) is 0 Å². The summed E-state index contributed by atoms with van der Waals surface area (Å²) < 4.78 is 5.31. The Morgan fingerprint density at radius 1 is 1.26 bits per heavy atom. The van der Waals surface area contributed by atoms with E-state index in [-0.39, 0.29) is 22.9 Å². The number of hydrogen-bond donors (Lipinski definition) is 1. The molecule has 2 rings (SSSR count). The molecule has 0 aliphatic rings. The molecule has 0 amide bonds. The number of pyridine rings is 1. The first-order chi connectivity index (χ1) is 9.08. The third kappa shape index (κ3) is 2.83. The number of hydrogen-bond acceptors (Lipinski definition) is 5. The number of ether oxygens (including phenoxy) is 1. The van der Waals surface area contributed by atoms with Gasteiger partial charge in [0.05, 0.1) is 11.1 Å². The second kappa shape index (κ2) is 5.13. The number of carboxylic acids is 1. The smallest absolute Gasteiger partial charge is 0.354 e. The van der Waals surface area contributed by atoms with Crippen molar-refractivity contribution < 1.29 is 19.6 Å². The fraction of sp³-hybridized carbons (Fsp3) is 0. The van der Waals surface area contributed by atoms with Crippen molar-refractivity contribution in [3.63, 3.8) is 0 Å². The van der Waals surface area contributed by atoms with Crippen molar-refractivity contribution in [1.29, 1.82) is 0 Å². The van der Waals surface area contributed by atoms with Gasteiger partial charge in [-0.1, -0.05) is 12.1 Å². The van der Waals surface area contributed by atoms with Crippen molar-refractivity contribution in [3.8, 4) is 11.5 Å². The van der Waals surface area contributed by atoms with Crippen LogP contribution in [-0.4, -0.2) is 21.0 Å². The molecule has 7 nitrogen and oxygen atoms in total. The first-order valence-electron chi connectivity index (χ1n) is 5.18. The number of aromatic carboxylic acids is 1. The van der Waals surface area contributed by atoms with E-state index in [9.17, 15) is 14.9 Å². The van der Waals surface area contributed by atoms with E-state index < -0.39 is 10.9 Å². The fourth-order valence-electron chi connectivity index (χ4n) is 1.39. The molecule has 0 atom stereocenters. The Labute approximate surface area is 107 Å². The fourth-order valence-corrected chi connectivity index (χ4v) is 1.39. The van der Waals surface area contributed by atoms with Crippen molar-refractivity contribution in [3.05, 3.63) is 58.4 Å². The van der Waals surface area contributed by atoms with Crippen LogP contribution in [0.15, 0.2) is 42.6 Å². The Morgan fingerprint density at radius 2 is 2.00 bits per heavy atom. The summed E-state index contributed by atoms with van der Waals surface area (Å²) in [6.45, 7) is 0. The lowest BCUT2D eigenvalue weighted by Crippen LogP contribution is -1.99. The maximum atomic E-state index is 10.8. The molecule has 0 aliphatic heterocycles. The molecule has 1 aromatic heterocycles. The van der Waals surface area contributed by atoms with Crippen LogP contribution in [0.5, 0.6) is 11.5 Å². The number of nitro groups is 1. The summed E-state index contributed by atoms with van der Waals surface area (Å²) >= 11 is 0.